The molecule has 0 aliphatic carbocycles. The normalized spacial score (nSPS) is 11.7. The molecule has 0 amide bonds. The van der Waals surface area contributed by atoms with Gasteiger partial charge in [0, 0.05) is 22.5 Å². The Balaban J connectivity index is 1.51. The van der Waals surface area contributed by atoms with E-state index < -0.39 is 0 Å². The fraction of sp³-hybridized carbons (Fsp3) is 0.0588. The number of halogens is 1. The molecule has 6 heteroatoms. The van der Waals surface area contributed by atoms with E-state index in [2.05, 4.69) is 41.5 Å². The van der Waals surface area contributed by atoms with E-state index in [0.29, 0.717) is 0 Å². The molecule has 0 bridgehead atoms. The van der Waals surface area contributed by atoms with E-state index in [0.717, 1.165) is 61.2 Å². The fourth-order valence-corrected chi connectivity index (χ4v) is 4.67. The molecule has 0 unspecified atom stereocenters. The van der Waals surface area contributed by atoms with Crippen LogP contribution in [0, 0.1) is 5.82 Å². The van der Waals surface area contributed by atoms with Gasteiger partial charge in [-0.1, -0.05) is 48.6 Å². The summed E-state index contributed by atoms with van der Waals surface area (Å²) < 4.78 is 26.1. The number of ether oxygens (including phenoxy) is 2. The highest BCUT2D eigenvalue weighted by Gasteiger charge is 2.13. The maximum Gasteiger partial charge on any atom is 0.123 e. The summed E-state index contributed by atoms with van der Waals surface area (Å²) in [6.45, 7) is 0. The van der Waals surface area contributed by atoms with Gasteiger partial charge in [0.15, 0.2) is 0 Å². The van der Waals surface area contributed by atoms with Crippen molar-refractivity contribution in [2.45, 2.75) is 0 Å². The summed E-state index contributed by atoms with van der Waals surface area (Å²) in [6.07, 6.45) is 11.9. The molecule has 5 nitrogen and oxygen atoms in total. The molecule has 6 aromatic rings. The van der Waals surface area contributed by atoms with Crippen molar-refractivity contribution < 1.29 is 13.9 Å². The molecule has 0 atom stereocenters. The smallest absolute Gasteiger partial charge is 0.123 e. The van der Waals surface area contributed by atoms with Crippen LogP contribution in [0.1, 0.15) is 22.3 Å². The summed E-state index contributed by atoms with van der Waals surface area (Å²) >= 11 is 0. The van der Waals surface area contributed by atoms with Crippen LogP contribution in [0.4, 0.5) is 4.39 Å². The molecule has 0 aliphatic heterocycles. The number of fused-ring (bicyclic) bond motifs is 3. The fourth-order valence-electron chi connectivity index (χ4n) is 4.67. The summed E-state index contributed by atoms with van der Waals surface area (Å²) in [4.78, 5) is 4.83. The van der Waals surface area contributed by atoms with E-state index in [1.165, 1.54) is 12.1 Å². The molecule has 0 radical (unpaired) electrons. The number of nitrogens with zero attached hydrogens (tertiary/aromatic N) is 3. The van der Waals surface area contributed by atoms with Gasteiger partial charge in [-0.3, -0.25) is 4.98 Å². The van der Waals surface area contributed by atoms with Crippen molar-refractivity contribution in [2.24, 2.45) is 0 Å². The number of hydrogen-bond acceptors (Lipinski definition) is 4. The van der Waals surface area contributed by atoms with Gasteiger partial charge in [-0.15, -0.1) is 0 Å². The maximum atomic E-state index is 13.7. The van der Waals surface area contributed by atoms with Crippen molar-refractivity contribution in [1.29, 1.82) is 0 Å². The summed E-state index contributed by atoms with van der Waals surface area (Å²) in [5.74, 6) is 1.34. The summed E-state index contributed by atoms with van der Waals surface area (Å²) in [5, 5.41) is 6.47. The minimum atomic E-state index is -0.288. The first kappa shape index (κ1) is 25.1. The number of pyridine rings is 1. The Morgan fingerprint density at radius 2 is 1.27 bits per heavy atom. The summed E-state index contributed by atoms with van der Waals surface area (Å²) in [5.41, 5.74) is 6.63. The lowest BCUT2D eigenvalue weighted by Gasteiger charge is -2.10. The number of hydrogen-bond donors (Lipinski definition) is 0. The lowest BCUT2D eigenvalue weighted by Crippen LogP contribution is -1.97. The first-order valence-electron chi connectivity index (χ1n) is 12.8. The van der Waals surface area contributed by atoms with E-state index in [1.807, 2.05) is 59.4 Å². The quantitative estimate of drug-likeness (QED) is 0.197. The third kappa shape index (κ3) is 5.07. The Bertz CT molecular complexity index is 1850. The SMILES string of the molecule is COc1ccc(/C=C/c2cc(/C=C/c3ccc(OC)cc3)c3ncc4cnn(-c5ccc(F)cc5)c4c3c2)cc1. The van der Waals surface area contributed by atoms with Gasteiger partial charge in [-0.2, -0.15) is 5.10 Å². The Kier molecular flexibility index (Phi) is 6.81. The molecular weight excluding hydrogens is 501 g/mol. The minimum absolute atomic E-state index is 0.288. The first-order chi connectivity index (χ1) is 19.6. The Morgan fingerprint density at radius 1 is 0.675 bits per heavy atom. The summed E-state index contributed by atoms with van der Waals surface area (Å²) in [6, 6.07) is 26.4. The number of methoxy groups -OCH3 is 2. The Labute approximate surface area is 231 Å². The molecule has 196 valence electrons. The topological polar surface area (TPSA) is 49.2 Å². The minimum Gasteiger partial charge on any atom is -0.497 e. The van der Waals surface area contributed by atoms with Crippen LogP contribution in [-0.2, 0) is 0 Å². The molecule has 2 aromatic heterocycles. The number of rotatable bonds is 7. The Hall–Kier alpha value is -5.23. The summed E-state index contributed by atoms with van der Waals surface area (Å²) in [7, 11) is 3.32. The average Bonchev–Trinajstić information content (AvgIpc) is 3.44. The number of benzene rings is 4. The lowest BCUT2D eigenvalue weighted by molar-refractivity contribution is 0.414. The van der Waals surface area contributed by atoms with Gasteiger partial charge < -0.3 is 9.47 Å². The van der Waals surface area contributed by atoms with Crippen LogP contribution < -0.4 is 9.47 Å². The van der Waals surface area contributed by atoms with Gasteiger partial charge in [0.25, 0.3) is 0 Å². The lowest BCUT2D eigenvalue weighted by atomic mass is 10.0. The molecule has 0 N–H and O–H groups in total. The van der Waals surface area contributed by atoms with Crippen LogP contribution in [0.2, 0.25) is 0 Å². The molecule has 0 saturated carbocycles. The molecular formula is C34H26FN3O2. The van der Waals surface area contributed by atoms with Gasteiger partial charge >= 0.3 is 0 Å². The van der Waals surface area contributed by atoms with Gasteiger partial charge in [-0.25, -0.2) is 9.07 Å². The second-order valence-electron chi connectivity index (χ2n) is 9.31. The van der Waals surface area contributed by atoms with E-state index >= 15 is 0 Å². The van der Waals surface area contributed by atoms with E-state index in [-0.39, 0.29) is 5.82 Å². The highest BCUT2D eigenvalue weighted by Crippen LogP contribution is 2.31. The number of aromatic nitrogens is 3. The molecule has 2 heterocycles. The molecule has 0 aliphatic rings. The highest BCUT2D eigenvalue weighted by atomic mass is 19.1. The predicted octanol–water partition coefficient (Wildman–Crippen LogP) is 8.07. The van der Waals surface area contributed by atoms with Crippen molar-refractivity contribution in [3.63, 3.8) is 0 Å². The van der Waals surface area contributed by atoms with Crippen LogP contribution in [0.5, 0.6) is 11.5 Å². The third-order valence-corrected chi connectivity index (χ3v) is 6.77. The van der Waals surface area contributed by atoms with Crippen LogP contribution >= 0.6 is 0 Å². The van der Waals surface area contributed by atoms with Crippen molar-refractivity contribution >= 4 is 46.1 Å². The second kappa shape index (κ2) is 10.9. The monoisotopic (exact) mass is 527 g/mol. The van der Waals surface area contributed by atoms with Gasteiger partial charge in [0.1, 0.15) is 17.3 Å². The largest absolute Gasteiger partial charge is 0.497 e. The van der Waals surface area contributed by atoms with Crippen LogP contribution in [-0.4, -0.2) is 29.0 Å². The van der Waals surface area contributed by atoms with E-state index in [1.54, 1.807) is 32.5 Å². The van der Waals surface area contributed by atoms with Crippen LogP contribution in [0.15, 0.2) is 97.3 Å². The molecule has 0 saturated heterocycles. The van der Waals surface area contributed by atoms with Crippen molar-refractivity contribution in [1.82, 2.24) is 14.8 Å². The molecule has 40 heavy (non-hydrogen) atoms. The van der Waals surface area contributed by atoms with Gasteiger partial charge in [0.05, 0.1) is 37.1 Å². The van der Waals surface area contributed by atoms with Crippen molar-refractivity contribution in [3.05, 3.63) is 125 Å². The zero-order valence-electron chi connectivity index (χ0n) is 22.1. The van der Waals surface area contributed by atoms with E-state index in [9.17, 15) is 4.39 Å². The molecule has 4 aromatic carbocycles. The zero-order valence-corrected chi connectivity index (χ0v) is 22.1. The van der Waals surface area contributed by atoms with E-state index in [4.69, 9.17) is 14.5 Å². The molecule has 0 fully saturated rings. The predicted molar refractivity (Wildman–Crippen MR) is 160 cm³/mol. The van der Waals surface area contributed by atoms with Crippen LogP contribution in [0.25, 0.3) is 51.8 Å². The van der Waals surface area contributed by atoms with Crippen molar-refractivity contribution in [2.75, 3.05) is 14.2 Å². The average molecular weight is 528 g/mol. The molecule has 0 spiro atoms. The highest BCUT2D eigenvalue weighted by molar-refractivity contribution is 6.07. The standard InChI is InChI=1S/C34H26FN3O2/c1-39-30-15-6-23(7-16-30)3-4-25-19-26(10-5-24-8-17-31(40-2)18-9-24)33-32(20-25)34-27(21-36-33)22-37-38(34)29-13-11-28(35)12-14-29/h3-22H,1-2H3/b4-3+,10-5+. The zero-order chi connectivity index (χ0) is 27.5. The molecule has 6 rings (SSSR count). The Morgan fingerprint density at radius 3 is 1.90 bits per heavy atom. The first-order valence-corrected chi connectivity index (χ1v) is 12.8. The second-order valence-corrected chi connectivity index (χ2v) is 9.31. The maximum absolute atomic E-state index is 13.7. The van der Waals surface area contributed by atoms with Gasteiger partial charge in [0.2, 0.25) is 0 Å². The third-order valence-electron chi connectivity index (χ3n) is 6.77. The van der Waals surface area contributed by atoms with Crippen molar-refractivity contribution in [3.8, 4) is 17.2 Å². The van der Waals surface area contributed by atoms with Gasteiger partial charge in [-0.05, 0) is 77.4 Å². The van der Waals surface area contributed by atoms with Crippen LogP contribution in [0.3, 0.4) is 0 Å².